The van der Waals surface area contributed by atoms with Gasteiger partial charge in [0.05, 0.1) is 18.8 Å². The van der Waals surface area contributed by atoms with Crippen LogP contribution in [0.15, 0.2) is 30.3 Å². The Morgan fingerprint density at radius 2 is 1.68 bits per heavy atom. The highest BCUT2D eigenvalue weighted by atomic mass is 32.2. The minimum Gasteiger partial charge on any atom is -0.393 e. The van der Waals surface area contributed by atoms with E-state index in [2.05, 4.69) is 56.4 Å². The Labute approximate surface area is 231 Å². The molecule has 0 aromatic heterocycles. The molecular formula is C31H55NO4S. The van der Waals surface area contributed by atoms with E-state index in [4.69, 9.17) is 4.74 Å². The quantitative estimate of drug-likeness (QED) is 0.0988. The van der Waals surface area contributed by atoms with Crippen molar-refractivity contribution < 1.29 is 19.7 Å². The van der Waals surface area contributed by atoms with Gasteiger partial charge in [-0.15, -0.1) is 11.8 Å². The summed E-state index contributed by atoms with van der Waals surface area (Å²) in [4.78, 5) is 12.1. The first-order chi connectivity index (χ1) is 18.0. The zero-order valence-corrected chi connectivity index (χ0v) is 24.7. The highest BCUT2D eigenvalue weighted by molar-refractivity contribution is 7.99. The molecule has 1 rings (SSSR count). The lowest BCUT2D eigenvalue weighted by molar-refractivity contribution is -0.121. The minimum absolute atomic E-state index is 0.00260. The minimum atomic E-state index is -0.365. The van der Waals surface area contributed by atoms with E-state index in [1.807, 2.05) is 0 Å². The molecule has 5 nitrogen and oxygen atoms in total. The lowest BCUT2D eigenvalue weighted by Crippen LogP contribution is -2.28. The number of unbranched alkanes of at least 4 members (excludes halogenated alkanes) is 4. The molecule has 1 aromatic rings. The fourth-order valence-electron chi connectivity index (χ4n) is 4.66. The smallest absolute Gasteiger partial charge is 0.219 e. The van der Waals surface area contributed by atoms with E-state index in [0.29, 0.717) is 25.2 Å². The van der Waals surface area contributed by atoms with E-state index >= 15 is 0 Å². The van der Waals surface area contributed by atoms with Crippen molar-refractivity contribution in [3.05, 3.63) is 35.9 Å². The van der Waals surface area contributed by atoms with E-state index in [1.54, 1.807) is 11.8 Å². The van der Waals surface area contributed by atoms with Gasteiger partial charge in [-0.25, -0.2) is 0 Å². The molecule has 4 atom stereocenters. The third kappa shape index (κ3) is 17.9. The number of nitrogens with one attached hydrogen (secondary N) is 1. The molecule has 1 amide bonds. The second-order valence-corrected chi connectivity index (χ2v) is 11.7. The van der Waals surface area contributed by atoms with Crippen molar-refractivity contribution >= 4 is 17.7 Å². The van der Waals surface area contributed by atoms with Gasteiger partial charge in [-0.1, -0.05) is 83.2 Å². The number of aliphatic hydroxyl groups is 2. The molecule has 0 radical (unpaired) electrons. The van der Waals surface area contributed by atoms with Crippen LogP contribution in [0.25, 0.3) is 0 Å². The number of hydrogen-bond donors (Lipinski definition) is 3. The molecule has 0 heterocycles. The Balaban J connectivity index is 2.03. The fraction of sp³-hybridized carbons (Fsp3) is 0.774. The van der Waals surface area contributed by atoms with E-state index in [1.165, 1.54) is 18.4 Å². The molecule has 2 unspecified atom stereocenters. The number of aliphatic hydroxyl groups excluding tert-OH is 2. The van der Waals surface area contributed by atoms with Gasteiger partial charge in [0.25, 0.3) is 0 Å². The molecule has 0 aliphatic rings. The second kappa shape index (κ2) is 22.9. The van der Waals surface area contributed by atoms with Crippen molar-refractivity contribution in [2.24, 2.45) is 5.92 Å². The number of carbonyl (C=O) groups excluding carboxylic acids is 1. The molecule has 0 bridgehead atoms. The van der Waals surface area contributed by atoms with Crippen LogP contribution in [0, 0.1) is 5.92 Å². The van der Waals surface area contributed by atoms with Crippen LogP contribution in [0.4, 0.5) is 0 Å². The van der Waals surface area contributed by atoms with Crippen LogP contribution in [-0.4, -0.2) is 52.7 Å². The predicted molar refractivity (Wildman–Crippen MR) is 158 cm³/mol. The number of hydrogen-bond acceptors (Lipinski definition) is 5. The number of ether oxygens (including phenoxy) is 1. The van der Waals surface area contributed by atoms with Crippen molar-refractivity contribution in [2.45, 2.75) is 128 Å². The van der Waals surface area contributed by atoms with Crippen LogP contribution in [0.2, 0.25) is 0 Å². The monoisotopic (exact) mass is 537 g/mol. The predicted octanol–water partition coefficient (Wildman–Crippen LogP) is 6.89. The molecule has 214 valence electrons. The molecule has 6 heteroatoms. The van der Waals surface area contributed by atoms with Gasteiger partial charge < -0.3 is 20.3 Å². The van der Waals surface area contributed by atoms with Crippen molar-refractivity contribution in [1.29, 1.82) is 0 Å². The normalized spacial score (nSPS) is 14.7. The first kappa shape index (κ1) is 33.9. The van der Waals surface area contributed by atoms with Crippen LogP contribution in [0.1, 0.15) is 110 Å². The summed E-state index contributed by atoms with van der Waals surface area (Å²) in [6.07, 6.45) is 13.5. The van der Waals surface area contributed by atoms with Gasteiger partial charge in [-0.2, -0.15) is 0 Å². The molecule has 0 aliphatic carbocycles. The van der Waals surface area contributed by atoms with Crippen molar-refractivity contribution in [2.75, 3.05) is 18.9 Å². The largest absolute Gasteiger partial charge is 0.393 e. The van der Waals surface area contributed by atoms with E-state index in [-0.39, 0.29) is 30.2 Å². The molecule has 0 aliphatic heterocycles. The molecule has 0 spiro atoms. The van der Waals surface area contributed by atoms with E-state index in [0.717, 1.165) is 70.1 Å². The number of rotatable bonds is 24. The van der Waals surface area contributed by atoms with Crippen LogP contribution in [0.3, 0.4) is 0 Å². The van der Waals surface area contributed by atoms with Gasteiger partial charge in [-0.05, 0) is 68.6 Å². The molecule has 0 fully saturated rings. The molecular weight excluding hydrogens is 482 g/mol. The topological polar surface area (TPSA) is 78.8 Å². The number of benzene rings is 1. The zero-order valence-electron chi connectivity index (χ0n) is 23.8. The summed E-state index contributed by atoms with van der Waals surface area (Å²) in [5.74, 6) is 1.38. The Morgan fingerprint density at radius 3 is 2.38 bits per heavy atom. The first-order valence-electron chi connectivity index (χ1n) is 14.9. The molecule has 1 aromatic carbocycles. The fourth-order valence-corrected chi connectivity index (χ4v) is 5.65. The SMILES string of the molecule is CCCC(OC(CO)SCC[C@H](O)CCCCC(=O)NCCCCCCc1ccccc1)[C@@H](C)CCC. The van der Waals surface area contributed by atoms with Crippen LogP contribution < -0.4 is 5.32 Å². The van der Waals surface area contributed by atoms with Gasteiger partial charge in [0.1, 0.15) is 5.44 Å². The molecule has 37 heavy (non-hydrogen) atoms. The Bertz CT molecular complexity index is 660. The third-order valence-corrected chi connectivity index (χ3v) is 8.03. The summed E-state index contributed by atoms with van der Waals surface area (Å²) >= 11 is 1.60. The van der Waals surface area contributed by atoms with Gasteiger partial charge >= 0.3 is 0 Å². The Kier molecular flexibility index (Phi) is 21.0. The number of amides is 1. The maximum atomic E-state index is 12.1. The van der Waals surface area contributed by atoms with Crippen LogP contribution in [-0.2, 0) is 16.0 Å². The highest BCUT2D eigenvalue weighted by Crippen LogP contribution is 2.24. The maximum Gasteiger partial charge on any atom is 0.219 e. The van der Waals surface area contributed by atoms with E-state index in [9.17, 15) is 15.0 Å². The zero-order chi connectivity index (χ0) is 27.1. The van der Waals surface area contributed by atoms with Gasteiger partial charge in [0.15, 0.2) is 0 Å². The number of carbonyl (C=O) groups is 1. The van der Waals surface area contributed by atoms with Gasteiger partial charge in [0, 0.05) is 13.0 Å². The molecule has 3 N–H and O–H groups in total. The molecule has 0 saturated carbocycles. The first-order valence-corrected chi connectivity index (χ1v) is 15.9. The van der Waals surface area contributed by atoms with Gasteiger partial charge in [0.2, 0.25) is 5.91 Å². The second-order valence-electron chi connectivity index (χ2n) is 10.4. The summed E-state index contributed by atoms with van der Waals surface area (Å²) in [6, 6.07) is 10.6. The summed E-state index contributed by atoms with van der Waals surface area (Å²) in [7, 11) is 0. The lowest BCUT2D eigenvalue weighted by Gasteiger charge is -2.28. The summed E-state index contributed by atoms with van der Waals surface area (Å²) < 4.78 is 6.23. The average Bonchev–Trinajstić information content (AvgIpc) is 2.90. The van der Waals surface area contributed by atoms with E-state index < -0.39 is 0 Å². The number of aryl methyl sites for hydroxylation is 1. The van der Waals surface area contributed by atoms with Crippen molar-refractivity contribution in [3.63, 3.8) is 0 Å². The van der Waals surface area contributed by atoms with Crippen molar-refractivity contribution in [1.82, 2.24) is 5.32 Å². The summed E-state index contributed by atoms with van der Waals surface area (Å²) in [5, 5.41) is 23.1. The Morgan fingerprint density at radius 1 is 0.946 bits per heavy atom. The maximum absolute atomic E-state index is 12.1. The lowest BCUT2D eigenvalue weighted by atomic mass is 9.96. The van der Waals surface area contributed by atoms with Gasteiger partial charge in [-0.3, -0.25) is 4.79 Å². The molecule has 0 saturated heterocycles. The average molecular weight is 538 g/mol. The Hall–Kier alpha value is -1.08. The van der Waals surface area contributed by atoms with Crippen LogP contribution >= 0.6 is 11.8 Å². The van der Waals surface area contributed by atoms with Crippen LogP contribution in [0.5, 0.6) is 0 Å². The standard InChI is InChI=1S/C31H55NO4S/c1-4-15-26(3)29(16-5-2)36-31(25-33)37-24-22-28(34)20-12-13-21-30(35)32-23-14-7-6-9-17-27-18-10-8-11-19-27/h8,10-11,18-19,26,28-29,31,33-34H,4-7,9,12-17,20-25H2,1-3H3,(H,32,35)/t26-,28+,29?,31?/m0/s1. The number of thioether (sulfide) groups is 1. The van der Waals surface area contributed by atoms with Crippen molar-refractivity contribution in [3.8, 4) is 0 Å². The third-order valence-electron chi connectivity index (χ3n) is 6.93. The summed E-state index contributed by atoms with van der Waals surface area (Å²) in [5.41, 5.74) is 1.17. The highest BCUT2D eigenvalue weighted by Gasteiger charge is 2.21. The summed E-state index contributed by atoms with van der Waals surface area (Å²) in [6.45, 7) is 7.37.